The van der Waals surface area contributed by atoms with Crippen LogP contribution in [0.25, 0.3) is 28.0 Å². The van der Waals surface area contributed by atoms with Crippen LogP contribution in [0.15, 0.2) is 36.4 Å². The number of nitrogens with one attached hydrogen (secondary N) is 1. The Balaban J connectivity index is 2.15. The summed E-state index contributed by atoms with van der Waals surface area (Å²) in [7, 11) is 3.21. The maximum Gasteiger partial charge on any atom is 0.483 e. The van der Waals surface area contributed by atoms with Gasteiger partial charge in [0.05, 0.1) is 35.1 Å². The van der Waals surface area contributed by atoms with E-state index in [1.165, 1.54) is 0 Å². The van der Waals surface area contributed by atoms with Crippen LogP contribution >= 0.6 is 23.2 Å². The van der Waals surface area contributed by atoms with Gasteiger partial charge < -0.3 is 9.47 Å². The average molecular weight is 417 g/mol. The van der Waals surface area contributed by atoms with Gasteiger partial charge in [0.25, 0.3) is 0 Å². The highest BCUT2D eigenvalue weighted by Crippen LogP contribution is 2.37. The van der Waals surface area contributed by atoms with E-state index >= 15 is 0 Å². The first kappa shape index (κ1) is 18.5. The Hall–Kier alpha value is -2.90. The van der Waals surface area contributed by atoms with Gasteiger partial charge in [-0.3, -0.25) is 0 Å². The predicted octanol–water partition coefficient (Wildman–Crippen LogP) is 3.93. The molecule has 0 atom stereocenters. The van der Waals surface area contributed by atoms with Gasteiger partial charge in [0.1, 0.15) is 5.69 Å². The molecule has 142 valence electrons. The number of aromatic amines is 1. The molecule has 0 saturated carbocycles. The third-order valence-corrected chi connectivity index (χ3v) is 5.22. The molecule has 4 aromatic rings. The molecule has 0 unspecified atom stereocenters. The van der Waals surface area contributed by atoms with Crippen molar-refractivity contribution in [1.29, 1.82) is 0 Å². The highest BCUT2D eigenvalue weighted by molar-refractivity contribution is 6.42. The van der Waals surface area contributed by atoms with Crippen molar-refractivity contribution in [3.05, 3.63) is 52.1 Å². The summed E-state index contributed by atoms with van der Waals surface area (Å²) < 4.78 is 12.9. The van der Waals surface area contributed by atoms with Crippen LogP contribution in [0.3, 0.4) is 0 Å². The second kappa shape index (κ2) is 7.26. The third-order valence-electron chi connectivity index (χ3n) is 4.48. The third kappa shape index (κ3) is 3.02. The molecule has 2 aromatic heterocycles. The summed E-state index contributed by atoms with van der Waals surface area (Å²) in [6, 6.07) is 11.3. The van der Waals surface area contributed by atoms with Gasteiger partial charge in [0, 0.05) is 21.3 Å². The largest absolute Gasteiger partial charge is 0.493 e. The minimum absolute atomic E-state index is 0.412. The van der Waals surface area contributed by atoms with Crippen molar-refractivity contribution in [2.24, 2.45) is 0 Å². The summed E-state index contributed by atoms with van der Waals surface area (Å²) in [5.41, 5.74) is 2.58. The number of nitrogens with zero attached hydrogens (tertiary/aromatic N) is 4. The smallest absolute Gasteiger partial charge is 0.483 e. The first-order chi connectivity index (χ1) is 13.5. The van der Waals surface area contributed by atoms with Crippen LogP contribution in [0, 0.1) is 6.92 Å². The molecule has 0 aliphatic heterocycles. The number of tetrazole rings is 1. The lowest BCUT2D eigenvalue weighted by molar-refractivity contribution is -0.597. The Labute approximate surface area is 170 Å². The summed E-state index contributed by atoms with van der Waals surface area (Å²) in [6.45, 7) is 1.97. The van der Waals surface area contributed by atoms with E-state index in [4.69, 9.17) is 32.7 Å². The average Bonchev–Trinajstić information content (AvgIpc) is 3.22. The number of ether oxygens (including phenoxy) is 2. The fraction of sp³-hybridized carbons (Fsp3) is 0.158. The molecule has 0 aliphatic carbocycles. The molecule has 0 amide bonds. The number of benzene rings is 2. The van der Waals surface area contributed by atoms with Crippen LogP contribution in [0.1, 0.15) is 5.69 Å². The Morgan fingerprint density at radius 3 is 2.36 bits per heavy atom. The number of aryl methyl sites for hydroxylation is 1. The maximum atomic E-state index is 6.30. The second-order valence-electron chi connectivity index (χ2n) is 6.10. The van der Waals surface area contributed by atoms with Crippen molar-refractivity contribution < 1.29 is 14.0 Å². The molecule has 0 saturated heterocycles. The van der Waals surface area contributed by atoms with Crippen LogP contribution in [-0.4, -0.2) is 34.8 Å². The number of hydrogen-bond donors (Lipinski definition) is 1. The van der Waals surface area contributed by atoms with Gasteiger partial charge >= 0.3 is 5.95 Å². The first-order valence-electron chi connectivity index (χ1n) is 8.34. The lowest BCUT2D eigenvalue weighted by atomic mass is 10.0. The summed E-state index contributed by atoms with van der Waals surface area (Å²) in [5.74, 6) is 1.67. The van der Waals surface area contributed by atoms with Crippen molar-refractivity contribution in [1.82, 2.24) is 20.6 Å². The molecule has 0 fully saturated rings. The topological polar surface area (TPSA) is 76.8 Å². The van der Waals surface area contributed by atoms with Crippen LogP contribution < -0.4 is 14.0 Å². The Kier molecular flexibility index (Phi) is 4.78. The number of pyridine rings is 1. The quantitative estimate of drug-likeness (QED) is 0.510. The Bertz CT molecular complexity index is 1180. The molecule has 0 spiro atoms. The second-order valence-corrected chi connectivity index (χ2v) is 6.92. The Morgan fingerprint density at radius 2 is 1.71 bits per heavy atom. The van der Waals surface area contributed by atoms with E-state index in [9.17, 15) is 0 Å². The van der Waals surface area contributed by atoms with Gasteiger partial charge in [-0.05, 0) is 48.7 Å². The van der Waals surface area contributed by atoms with Gasteiger partial charge in [-0.25, -0.2) is 0 Å². The molecule has 1 N–H and O–H groups in total. The molecule has 0 radical (unpaired) electrons. The summed E-state index contributed by atoms with van der Waals surface area (Å²) >= 11 is 12.4. The fourth-order valence-corrected chi connectivity index (χ4v) is 3.54. The zero-order valence-corrected chi connectivity index (χ0v) is 16.8. The van der Waals surface area contributed by atoms with Gasteiger partial charge in [0.15, 0.2) is 11.5 Å². The number of H-pyrrole nitrogens is 1. The Morgan fingerprint density at radius 1 is 0.964 bits per heavy atom. The molecule has 4 rings (SSSR count). The summed E-state index contributed by atoms with van der Waals surface area (Å²) in [6.07, 6.45) is 0. The zero-order valence-electron chi connectivity index (χ0n) is 15.3. The minimum atomic E-state index is 0.412. The lowest BCUT2D eigenvalue weighted by Crippen LogP contribution is -2.38. The number of hydrogen-bond acceptors (Lipinski definition) is 5. The maximum absolute atomic E-state index is 6.30. The van der Waals surface area contributed by atoms with Crippen molar-refractivity contribution in [3.8, 4) is 28.7 Å². The minimum Gasteiger partial charge on any atom is -0.493 e. The molecule has 2 aromatic carbocycles. The monoisotopic (exact) mass is 416 g/mol. The molecular formula is C19H16Cl2N5O2+. The summed E-state index contributed by atoms with van der Waals surface area (Å²) in [4.78, 5) is 0. The standard InChI is InChI=1S/C19H16Cl2N5O2/c1-10-6-12-8-16(27-2)17(28-3)9-13(12)18(26(10)19-22-24-25-23-19)11-4-5-14(20)15(21)7-11/h4-9H,1-3H3,(H,22,23,24,25)/q+1. The van der Waals surface area contributed by atoms with Gasteiger partial charge in [-0.1, -0.05) is 28.4 Å². The van der Waals surface area contributed by atoms with E-state index in [-0.39, 0.29) is 0 Å². The number of methoxy groups -OCH3 is 2. The van der Waals surface area contributed by atoms with Crippen LogP contribution in [0.2, 0.25) is 10.0 Å². The van der Waals surface area contributed by atoms with Gasteiger partial charge in [-0.2, -0.15) is 4.57 Å². The normalized spacial score (nSPS) is 11.0. The van der Waals surface area contributed by atoms with Gasteiger partial charge in [0.2, 0.25) is 0 Å². The van der Waals surface area contributed by atoms with Crippen LogP contribution in [0.5, 0.6) is 11.5 Å². The molecule has 28 heavy (non-hydrogen) atoms. The summed E-state index contributed by atoms with van der Waals surface area (Å²) in [5, 5.41) is 17.3. The molecule has 9 heteroatoms. The SMILES string of the molecule is COc1cc2cc(C)[n+](-c3nn[nH]n3)c(-c3ccc(Cl)c(Cl)c3)c2cc1OC. The predicted molar refractivity (Wildman–Crippen MR) is 107 cm³/mol. The first-order valence-corrected chi connectivity index (χ1v) is 9.09. The number of halogens is 2. The number of rotatable bonds is 4. The molecule has 7 nitrogen and oxygen atoms in total. The highest BCUT2D eigenvalue weighted by atomic mass is 35.5. The van der Waals surface area contributed by atoms with Gasteiger partial charge in [-0.15, -0.1) is 0 Å². The number of aromatic nitrogens is 5. The van der Waals surface area contributed by atoms with Crippen molar-refractivity contribution >= 4 is 34.0 Å². The molecule has 0 bridgehead atoms. The fourth-order valence-electron chi connectivity index (χ4n) is 3.24. The lowest BCUT2D eigenvalue weighted by Gasteiger charge is -2.15. The van der Waals surface area contributed by atoms with Crippen LogP contribution in [-0.2, 0) is 0 Å². The zero-order chi connectivity index (χ0) is 19.8. The highest BCUT2D eigenvalue weighted by Gasteiger charge is 2.25. The molecule has 0 aliphatic rings. The van der Waals surface area contributed by atoms with E-state index in [0.29, 0.717) is 27.5 Å². The van der Waals surface area contributed by atoms with E-state index in [1.54, 1.807) is 20.3 Å². The molecule has 2 heterocycles. The van der Waals surface area contributed by atoms with E-state index in [2.05, 4.69) is 20.6 Å². The van der Waals surface area contributed by atoms with E-state index in [0.717, 1.165) is 27.7 Å². The van der Waals surface area contributed by atoms with Crippen molar-refractivity contribution in [3.63, 3.8) is 0 Å². The van der Waals surface area contributed by atoms with E-state index in [1.807, 2.05) is 41.8 Å². The number of fused-ring (bicyclic) bond motifs is 1. The van der Waals surface area contributed by atoms with Crippen molar-refractivity contribution in [2.45, 2.75) is 6.92 Å². The van der Waals surface area contributed by atoms with Crippen LogP contribution in [0.4, 0.5) is 0 Å². The van der Waals surface area contributed by atoms with Crippen molar-refractivity contribution in [2.75, 3.05) is 14.2 Å². The molecular weight excluding hydrogens is 401 g/mol. The van der Waals surface area contributed by atoms with E-state index < -0.39 is 0 Å².